The lowest BCUT2D eigenvalue weighted by Crippen LogP contribution is -2.04. The third kappa shape index (κ3) is 3.12. The van der Waals surface area contributed by atoms with Crippen LogP contribution in [0, 0.1) is 0 Å². The Kier molecular flexibility index (Phi) is 4.54. The molecule has 0 fully saturated rings. The van der Waals surface area contributed by atoms with Crippen LogP contribution in [0.2, 0.25) is 0 Å². The maximum atomic E-state index is 11.5. The molecule has 0 spiro atoms. The Morgan fingerprint density at radius 2 is 1.68 bits per heavy atom. The lowest BCUT2D eigenvalue weighted by Gasteiger charge is -2.08. The van der Waals surface area contributed by atoms with E-state index in [-0.39, 0.29) is 0 Å². The Morgan fingerprint density at radius 3 is 2.36 bits per heavy atom. The van der Waals surface area contributed by atoms with Crippen molar-refractivity contribution in [3.63, 3.8) is 0 Å². The van der Waals surface area contributed by atoms with E-state index in [0.29, 0.717) is 17.2 Å². The second-order valence-corrected chi connectivity index (χ2v) is 6.04. The molecule has 0 radical (unpaired) electrons. The van der Waals surface area contributed by atoms with Crippen molar-refractivity contribution in [1.82, 2.24) is 0 Å². The van der Waals surface area contributed by atoms with Crippen molar-refractivity contribution in [3.05, 3.63) is 55.6 Å². The second kappa shape index (κ2) is 6.78. The van der Waals surface area contributed by atoms with Gasteiger partial charge in [-0.1, -0.05) is 13.2 Å². The standard InChI is InChI=1S/C19H14O5S/c1-4-16(20)23-11-6-7-12-13-8-9-14(24-17(21)5-2)18(22-3)19(13)25-15(12)10-11/h4-10H,1-2H2,3H3. The Morgan fingerprint density at radius 1 is 1.00 bits per heavy atom. The van der Waals surface area contributed by atoms with Gasteiger partial charge < -0.3 is 14.2 Å². The van der Waals surface area contributed by atoms with Crippen LogP contribution in [0.4, 0.5) is 0 Å². The summed E-state index contributed by atoms with van der Waals surface area (Å²) in [6.45, 7) is 6.77. The molecule has 0 aliphatic rings. The fraction of sp³-hybridized carbons (Fsp3) is 0.0526. The number of carbonyl (C=O) groups excluding carboxylic acids is 2. The van der Waals surface area contributed by atoms with Crippen molar-refractivity contribution in [2.24, 2.45) is 0 Å². The predicted octanol–water partition coefficient (Wildman–Crippen LogP) is 4.25. The maximum Gasteiger partial charge on any atom is 0.335 e. The van der Waals surface area contributed by atoms with Gasteiger partial charge in [0.2, 0.25) is 0 Å². The first-order valence-corrected chi connectivity index (χ1v) is 8.10. The summed E-state index contributed by atoms with van der Waals surface area (Å²) in [5.41, 5.74) is 0. The van der Waals surface area contributed by atoms with Crippen LogP contribution in [-0.2, 0) is 9.59 Å². The minimum atomic E-state index is -0.558. The molecule has 2 aromatic carbocycles. The molecule has 0 aliphatic heterocycles. The summed E-state index contributed by atoms with van der Waals surface area (Å²) in [5, 5.41) is 1.94. The molecule has 3 aromatic rings. The van der Waals surface area contributed by atoms with E-state index in [4.69, 9.17) is 14.2 Å². The highest BCUT2D eigenvalue weighted by molar-refractivity contribution is 7.26. The van der Waals surface area contributed by atoms with Crippen molar-refractivity contribution < 1.29 is 23.8 Å². The molecule has 0 aliphatic carbocycles. The number of fused-ring (bicyclic) bond motifs is 3. The molecule has 5 nitrogen and oxygen atoms in total. The SMILES string of the molecule is C=CC(=O)Oc1ccc2c(c1)sc1c(OC)c(OC(=O)C=C)ccc12. The summed E-state index contributed by atoms with van der Waals surface area (Å²) in [4.78, 5) is 22.8. The average molecular weight is 354 g/mol. The zero-order valence-electron chi connectivity index (χ0n) is 13.4. The number of ether oxygens (including phenoxy) is 3. The van der Waals surface area contributed by atoms with E-state index in [9.17, 15) is 9.59 Å². The van der Waals surface area contributed by atoms with Crippen molar-refractivity contribution in [3.8, 4) is 17.2 Å². The van der Waals surface area contributed by atoms with Crippen LogP contribution in [0.25, 0.3) is 20.2 Å². The smallest absolute Gasteiger partial charge is 0.335 e. The van der Waals surface area contributed by atoms with Crippen molar-refractivity contribution in [1.29, 1.82) is 0 Å². The predicted molar refractivity (Wildman–Crippen MR) is 97.5 cm³/mol. The van der Waals surface area contributed by atoms with Gasteiger partial charge in [0.1, 0.15) is 5.75 Å². The van der Waals surface area contributed by atoms with Crippen LogP contribution in [-0.4, -0.2) is 19.0 Å². The van der Waals surface area contributed by atoms with Crippen molar-refractivity contribution in [2.75, 3.05) is 7.11 Å². The molecule has 126 valence electrons. The number of esters is 2. The normalized spacial score (nSPS) is 10.4. The third-order valence-corrected chi connectivity index (χ3v) is 4.66. The molecule has 0 unspecified atom stereocenters. The fourth-order valence-corrected chi connectivity index (χ4v) is 3.67. The largest absolute Gasteiger partial charge is 0.491 e. The summed E-state index contributed by atoms with van der Waals surface area (Å²) in [6, 6.07) is 8.90. The van der Waals surface area contributed by atoms with Crippen LogP contribution in [0.1, 0.15) is 0 Å². The molecule has 1 aromatic heterocycles. The summed E-state index contributed by atoms with van der Waals surface area (Å²) in [7, 11) is 1.52. The zero-order chi connectivity index (χ0) is 18.0. The number of hydrogen-bond donors (Lipinski definition) is 0. The number of benzene rings is 2. The summed E-state index contributed by atoms with van der Waals surface area (Å²) in [5.74, 6) is 0.151. The van der Waals surface area contributed by atoms with Gasteiger partial charge in [0.15, 0.2) is 11.5 Å². The van der Waals surface area contributed by atoms with Gasteiger partial charge in [0, 0.05) is 27.6 Å². The Hall–Kier alpha value is -3.12. The first-order valence-electron chi connectivity index (χ1n) is 7.29. The van der Waals surface area contributed by atoms with Gasteiger partial charge in [-0.3, -0.25) is 0 Å². The van der Waals surface area contributed by atoms with Gasteiger partial charge in [-0.25, -0.2) is 9.59 Å². The first kappa shape index (κ1) is 16.7. The quantitative estimate of drug-likeness (QED) is 0.389. The number of methoxy groups -OCH3 is 1. The zero-order valence-corrected chi connectivity index (χ0v) is 14.2. The van der Waals surface area contributed by atoms with Crippen molar-refractivity contribution in [2.45, 2.75) is 0 Å². The summed E-state index contributed by atoms with van der Waals surface area (Å²) < 4.78 is 17.6. The molecule has 25 heavy (non-hydrogen) atoms. The molecule has 1 heterocycles. The van der Waals surface area contributed by atoms with Crippen molar-refractivity contribution >= 4 is 43.4 Å². The highest BCUT2D eigenvalue weighted by Gasteiger charge is 2.16. The lowest BCUT2D eigenvalue weighted by atomic mass is 10.1. The van der Waals surface area contributed by atoms with Crippen LogP contribution in [0.5, 0.6) is 17.2 Å². The van der Waals surface area contributed by atoms with E-state index in [1.54, 1.807) is 18.2 Å². The van der Waals surface area contributed by atoms with E-state index in [0.717, 1.165) is 32.3 Å². The molecule has 6 heteroatoms. The molecule has 0 atom stereocenters. The average Bonchev–Trinajstić information content (AvgIpc) is 2.98. The first-order chi connectivity index (χ1) is 12.1. The summed E-state index contributed by atoms with van der Waals surface area (Å²) in [6.07, 6.45) is 2.20. The van der Waals surface area contributed by atoms with E-state index < -0.39 is 11.9 Å². The fourth-order valence-electron chi connectivity index (χ4n) is 2.42. The molecule has 0 N–H and O–H groups in total. The van der Waals surface area contributed by atoms with Gasteiger partial charge in [-0.05, 0) is 30.3 Å². The number of hydrogen-bond acceptors (Lipinski definition) is 6. The van der Waals surface area contributed by atoms with Gasteiger partial charge >= 0.3 is 11.9 Å². The molecular formula is C19H14O5S. The molecule has 0 amide bonds. The maximum absolute atomic E-state index is 11.5. The minimum absolute atomic E-state index is 0.324. The van der Waals surface area contributed by atoms with Crippen LogP contribution in [0.15, 0.2) is 55.6 Å². The Bertz CT molecular complexity index is 1020. The van der Waals surface area contributed by atoms with Gasteiger partial charge in [0.25, 0.3) is 0 Å². The third-order valence-electron chi connectivity index (χ3n) is 3.50. The Balaban J connectivity index is 2.14. The number of rotatable bonds is 5. The van der Waals surface area contributed by atoms with Gasteiger partial charge in [-0.2, -0.15) is 0 Å². The van der Waals surface area contributed by atoms with Gasteiger partial charge in [-0.15, -0.1) is 11.3 Å². The van der Waals surface area contributed by atoms with Crippen LogP contribution >= 0.6 is 11.3 Å². The molecule has 3 rings (SSSR count). The van der Waals surface area contributed by atoms with E-state index in [1.807, 2.05) is 12.1 Å². The highest BCUT2D eigenvalue weighted by atomic mass is 32.1. The van der Waals surface area contributed by atoms with E-state index in [2.05, 4.69) is 13.2 Å². The molecule has 0 saturated heterocycles. The molecule has 0 bridgehead atoms. The minimum Gasteiger partial charge on any atom is -0.491 e. The highest BCUT2D eigenvalue weighted by Crippen LogP contribution is 2.44. The van der Waals surface area contributed by atoms with Crippen LogP contribution in [0.3, 0.4) is 0 Å². The second-order valence-electron chi connectivity index (χ2n) is 4.98. The lowest BCUT2D eigenvalue weighted by molar-refractivity contribution is -0.129. The van der Waals surface area contributed by atoms with Gasteiger partial charge in [0.05, 0.1) is 11.8 Å². The number of carbonyl (C=O) groups is 2. The Labute approximate surface area is 147 Å². The molecular weight excluding hydrogens is 340 g/mol. The summed E-state index contributed by atoms with van der Waals surface area (Å²) >= 11 is 1.45. The monoisotopic (exact) mass is 354 g/mol. The van der Waals surface area contributed by atoms with Crippen LogP contribution < -0.4 is 14.2 Å². The van der Waals surface area contributed by atoms with E-state index >= 15 is 0 Å². The molecule has 0 saturated carbocycles. The topological polar surface area (TPSA) is 61.8 Å². The number of thiophene rings is 1. The van der Waals surface area contributed by atoms with E-state index in [1.165, 1.54) is 18.4 Å².